The molecule has 0 aromatic rings. The molecule has 0 heterocycles. The van der Waals surface area contributed by atoms with Gasteiger partial charge in [-0.25, -0.2) is 0 Å². The summed E-state index contributed by atoms with van der Waals surface area (Å²) in [6.07, 6.45) is 2.46. The van der Waals surface area contributed by atoms with Gasteiger partial charge in [0.1, 0.15) is 0 Å². The van der Waals surface area contributed by atoms with Gasteiger partial charge in [0.25, 0.3) is 0 Å². The minimum absolute atomic E-state index is 0.239. The van der Waals surface area contributed by atoms with E-state index in [9.17, 15) is 0 Å². The number of nitrogens with one attached hydrogen (secondary N) is 1. The lowest BCUT2D eigenvalue weighted by Gasteiger charge is -2.07. The van der Waals surface area contributed by atoms with Crippen LogP contribution in [0.25, 0.3) is 0 Å². The topological polar surface area (TPSA) is 49.9 Å². The molecular formula is C7H16N2S. The molecule has 0 saturated carbocycles. The third-order valence-electron chi connectivity index (χ3n) is 1.30. The van der Waals surface area contributed by atoms with Crippen LogP contribution in [0.15, 0.2) is 0 Å². The second-order valence-corrected chi connectivity index (χ2v) is 3.63. The molecular weight excluding hydrogens is 144 g/mol. The average Bonchev–Trinajstić information content (AvgIpc) is 1.85. The van der Waals surface area contributed by atoms with Gasteiger partial charge in [0.15, 0.2) is 5.17 Å². The zero-order valence-electron chi connectivity index (χ0n) is 6.68. The largest absolute Gasteiger partial charge is 0.379 e. The Kier molecular flexibility index (Phi) is 5.49. The molecule has 1 unspecified atom stereocenters. The van der Waals surface area contributed by atoms with Gasteiger partial charge >= 0.3 is 0 Å². The van der Waals surface area contributed by atoms with E-state index in [1.165, 1.54) is 24.6 Å². The van der Waals surface area contributed by atoms with Crippen molar-refractivity contribution in [3.8, 4) is 0 Å². The van der Waals surface area contributed by atoms with Gasteiger partial charge in [-0.15, -0.1) is 0 Å². The number of amidine groups is 1. The number of rotatable bonds is 4. The standard InChI is InChI=1S/C7H16N2S/c1-3-4-6(2)5-10-7(8)9/h6H,3-5H2,1-2H3,(H3,8,9). The predicted octanol–water partition coefficient (Wildman–Crippen LogP) is 2.05. The Morgan fingerprint density at radius 2 is 2.30 bits per heavy atom. The molecule has 3 N–H and O–H groups in total. The summed E-state index contributed by atoms with van der Waals surface area (Å²) in [5, 5.41) is 7.20. The SMILES string of the molecule is CCCC(C)CSC(=N)N. The third kappa shape index (κ3) is 5.95. The second kappa shape index (κ2) is 5.59. The summed E-state index contributed by atoms with van der Waals surface area (Å²) >= 11 is 1.44. The Hall–Kier alpha value is -0.180. The highest BCUT2D eigenvalue weighted by Crippen LogP contribution is 2.12. The molecule has 0 aromatic heterocycles. The van der Waals surface area contributed by atoms with Crippen LogP contribution in [0.1, 0.15) is 26.7 Å². The number of hydrogen-bond acceptors (Lipinski definition) is 2. The fourth-order valence-corrected chi connectivity index (χ4v) is 1.44. The summed E-state index contributed by atoms with van der Waals surface area (Å²) in [5.41, 5.74) is 5.18. The van der Waals surface area contributed by atoms with Crippen molar-refractivity contribution in [3.05, 3.63) is 0 Å². The van der Waals surface area contributed by atoms with E-state index in [4.69, 9.17) is 11.1 Å². The van der Waals surface area contributed by atoms with Crippen molar-refractivity contribution in [2.24, 2.45) is 11.7 Å². The van der Waals surface area contributed by atoms with E-state index in [2.05, 4.69) is 13.8 Å². The molecule has 0 spiro atoms. The van der Waals surface area contributed by atoms with E-state index in [1.807, 2.05) is 0 Å². The van der Waals surface area contributed by atoms with E-state index in [-0.39, 0.29) is 5.17 Å². The summed E-state index contributed by atoms with van der Waals surface area (Å²) in [6.45, 7) is 4.37. The maximum absolute atomic E-state index is 6.96. The zero-order valence-corrected chi connectivity index (χ0v) is 7.50. The minimum Gasteiger partial charge on any atom is -0.379 e. The molecule has 0 rings (SSSR count). The average molecular weight is 160 g/mol. The quantitative estimate of drug-likeness (QED) is 0.488. The lowest BCUT2D eigenvalue weighted by molar-refractivity contribution is 0.586. The molecule has 0 bridgehead atoms. The van der Waals surface area contributed by atoms with Crippen molar-refractivity contribution in [1.82, 2.24) is 0 Å². The fraction of sp³-hybridized carbons (Fsp3) is 0.857. The van der Waals surface area contributed by atoms with E-state index in [1.54, 1.807) is 0 Å². The molecule has 0 aromatic carbocycles. The molecule has 0 radical (unpaired) electrons. The van der Waals surface area contributed by atoms with Crippen LogP contribution < -0.4 is 5.73 Å². The molecule has 0 amide bonds. The Bertz CT molecular complexity index is 104. The summed E-state index contributed by atoms with van der Waals surface area (Å²) in [6, 6.07) is 0. The summed E-state index contributed by atoms with van der Waals surface area (Å²) in [4.78, 5) is 0. The van der Waals surface area contributed by atoms with Gasteiger partial charge in [0.05, 0.1) is 0 Å². The fourth-order valence-electron chi connectivity index (χ4n) is 0.808. The van der Waals surface area contributed by atoms with Gasteiger partial charge in [-0.1, -0.05) is 38.5 Å². The van der Waals surface area contributed by atoms with Crippen LogP contribution in [-0.4, -0.2) is 10.9 Å². The lowest BCUT2D eigenvalue weighted by Crippen LogP contribution is -2.08. The van der Waals surface area contributed by atoms with Gasteiger partial charge in [-0.3, -0.25) is 5.41 Å². The van der Waals surface area contributed by atoms with Crippen molar-refractivity contribution in [1.29, 1.82) is 5.41 Å². The predicted molar refractivity (Wildman–Crippen MR) is 48.4 cm³/mol. The molecule has 60 valence electrons. The van der Waals surface area contributed by atoms with Crippen molar-refractivity contribution in [2.75, 3.05) is 5.75 Å². The van der Waals surface area contributed by atoms with Crippen LogP contribution in [-0.2, 0) is 0 Å². The first-order valence-electron chi connectivity index (χ1n) is 3.63. The Balaban J connectivity index is 3.21. The Morgan fingerprint density at radius 1 is 1.70 bits per heavy atom. The highest BCUT2D eigenvalue weighted by atomic mass is 32.2. The summed E-state index contributed by atoms with van der Waals surface area (Å²) in [7, 11) is 0. The maximum atomic E-state index is 6.96. The second-order valence-electron chi connectivity index (χ2n) is 2.57. The molecule has 0 aliphatic heterocycles. The van der Waals surface area contributed by atoms with Crippen molar-refractivity contribution < 1.29 is 0 Å². The Labute approximate surface area is 67.1 Å². The van der Waals surface area contributed by atoms with Crippen LogP contribution in [0.5, 0.6) is 0 Å². The minimum atomic E-state index is 0.239. The van der Waals surface area contributed by atoms with Crippen molar-refractivity contribution in [2.45, 2.75) is 26.7 Å². The molecule has 0 saturated heterocycles. The molecule has 0 aliphatic carbocycles. The van der Waals surface area contributed by atoms with Crippen LogP contribution in [0.2, 0.25) is 0 Å². The molecule has 2 nitrogen and oxygen atoms in total. The van der Waals surface area contributed by atoms with E-state index in [0.717, 1.165) is 5.75 Å². The van der Waals surface area contributed by atoms with Gasteiger partial charge in [-0.05, 0) is 5.92 Å². The van der Waals surface area contributed by atoms with Crippen LogP contribution in [0, 0.1) is 11.3 Å². The smallest absolute Gasteiger partial charge is 0.151 e. The Morgan fingerprint density at radius 3 is 2.70 bits per heavy atom. The summed E-state index contributed by atoms with van der Waals surface area (Å²) < 4.78 is 0. The summed E-state index contributed by atoms with van der Waals surface area (Å²) in [5.74, 6) is 1.68. The van der Waals surface area contributed by atoms with E-state index >= 15 is 0 Å². The molecule has 0 aliphatic rings. The monoisotopic (exact) mass is 160 g/mol. The van der Waals surface area contributed by atoms with Gasteiger partial charge in [-0.2, -0.15) is 0 Å². The van der Waals surface area contributed by atoms with Gasteiger partial charge in [0.2, 0.25) is 0 Å². The number of nitrogens with two attached hydrogens (primary N) is 1. The number of thioether (sulfide) groups is 1. The lowest BCUT2D eigenvalue weighted by atomic mass is 10.1. The zero-order chi connectivity index (χ0) is 7.98. The van der Waals surface area contributed by atoms with Crippen LogP contribution in [0.4, 0.5) is 0 Å². The molecule has 10 heavy (non-hydrogen) atoms. The van der Waals surface area contributed by atoms with Crippen molar-refractivity contribution in [3.63, 3.8) is 0 Å². The molecule has 1 atom stereocenters. The normalized spacial score (nSPS) is 13.0. The highest BCUT2D eigenvalue weighted by Gasteiger charge is 2.00. The first-order chi connectivity index (χ1) is 4.66. The van der Waals surface area contributed by atoms with E-state index < -0.39 is 0 Å². The molecule has 0 fully saturated rings. The maximum Gasteiger partial charge on any atom is 0.151 e. The molecule has 3 heteroatoms. The van der Waals surface area contributed by atoms with Crippen LogP contribution >= 0.6 is 11.8 Å². The third-order valence-corrected chi connectivity index (χ3v) is 2.35. The highest BCUT2D eigenvalue weighted by molar-refractivity contribution is 8.13. The van der Waals surface area contributed by atoms with Crippen LogP contribution in [0.3, 0.4) is 0 Å². The van der Waals surface area contributed by atoms with Gasteiger partial charge in [0, 0.05) is 5.75 Å². The first-order valence-corrected chi connectivity index (χ1v) is 4.62. The number of hydrogen-bond donors (Lipinski definition) is 2. The van der Waals surface area contributed by atoms with Crippen molar-refractivity contribution >= 4 is 16.9 Å². The van der Waals surface area contributed by atoms with E-state index in [0.29, 0.717) is 5.92 Å². The van der Waals surface area contributed by atoms with Gasteiger partial charge < -0.3 is 5.73 Å². The first kappa shape index (κ1) is 9.82.